The van der Waals surface area contributed by atoms with Gasteiger partial charge in [-0.15, -0.1) is 0 Å². The van der Waals surface area contributed by atoms with Crippen LogP contribution in [0.2, 0.25) is 0 Å². The van der Waals surface area contributed by atoms with E-state index in [2.05, 4.69) is 67.1 Å². The Morgan fingerprint density at radius 2 is 0.725 bits per heavy atom. The van der Waals surface area contributed by atoms with Gasteiger partial charge in [0, 0.05) is 72.5 Å². The molecule has 67 nitrogen and oxygen atoms in total. The van der Waals surface area contributed by atoms with Crippen LogP contribution in [0.1, 0.15) is 56.9 Å². The van der Waals surface area contributed by atoms with Gasteiger partial charge in [0.15, 0.2) is 90.0 Å². The second-order valence-electron chi connectivity index (χ2n) is 33.3. The average molecular weight is 2270 g/mol. The van der Waals surface area contributed by atoms with E-state index in [-0.39, 0.29) is 57.7 Å². The summed E-state index contributed by atoms with van der Waals surface area (Å²) in [4.78, 5) is 197. The molecule has 17 rings (SSSR count). The first-order valence-electron chi connectivity index (χ1n) is 43.7. The molecule has 17 heterocycles. The van der Waals surface area contributed by atoms with Gasteiger partial charge in [-0.3, -0.25) is 111 Å². The van der Waals surface area contributed by atoms with Gasteiger partial charge in [0.05, 0.1) is 64.7 Å². The number of anilines is 5. The second kappa shape index (κ2) is 44.5. The van der Waals surface area contributed by atoms with E-state index in [1.54, 1.807) is 6.92 Å². The number of phosphoric ester groups is 4. The van der Waals surface area contributed by atoms with E-state index in [1.807, 2.05) is 9.97 Å². The fourth-order valence-corrected chi connectivity index (χ4v) is 24.3. The zero-order valence-electron chi connectivity index (χ0n) is 77.3. The van der Waals surface area contributed by atoms with Crippen LogP contribution in [-0.2, 0) is 146 Å². The minimum Gasteiger partial charge on any atom is -0.387 e. The van der Waals surface area contributed by atoms with Crippen LogP contribution in [0.3, 0.4) is 0 Å². The van der Waals surface area contributed by atoms with Gasteiger partial charge in [0.2, 0.25) is 5.95 Å². The number of methoxy groups -OCH3 is 5. The molecule has 7 aliphatic heterocycles. The number of phosphoric acid groups is 4. The summed E-state index contributed by atoms with van der Waals surface area (Å²) in [7, 11) is -18.1. The highest BCUT2D eigenvalue weighted by Gasteiger charge is 2.60. The standard InChI is InChI=1S/C72H93F2N25O42P6S2/c1-7-27-46(51(119-3)65(129-27)97-24-84-40-55(77)80-22-82-57(40)97)138-144(112,113)123-17-29-44(38(73)61(131-29)93-12-8-34(75)87-69(93)104)136-142(108,109)125-19-31-47(52(120-4)67(134-31)99-26-86-42-59(99)91-68(79)92-60(42)103)139-145(114,115)124-18-30-45(39(74)62(132-30)94-14-10-36(100)89-71(94)106)137-143(110,111)126-20-32-48(53(121-5)64(133-32)96-15-11-37(101)90-72(96)107)140-147(117,149)128-21-33-49(54(122-6)66(135-33)98-25-85-41-56(78)81-23-83-58(41)98)141-146(116,148)127-16-28-43(102)50(118-2)63(130-28)95-13-9-35(76)88-70(95)105/h8-15,22-33,38-39,43-54,61-67,102H,7,16-21H2,1-6H3,(H,108,109)(H,110,111)(H,112,113)(H,114,115)(H,116,148)(H,117,149)(H2,75,87,104)(H2,76,88,105)(H2,77,80,82)(H2,78,81,83)(H,89,100,106)(H,90,101,107)(H3,79,91,92,103)/t27-,28-,29-,30-,31-,32-,33-,38?,39?,43+,44+,45+,46+,47+,48+,49+,50?,51?,52?,53?,54?,61-,62-,63-,64-,65-,66-,67-,146?,147?/m1/s1. The maximum absolute atomic E-state index is 17.6. The van der Waals surface area contributed by atoms with Gasteiger partial charge in [0.25, 0.3) is 16.7 Å². The van der Waals surface area contributed by atoms with Crippen LogP contribution >= 0.6 is 57.1 Å². The molecule has 7 aliphatic rings. The molecule has 10 aromatic rings. The molecule has 0 spiro atoms. The smallest absolute Gasteiger partial charge is 0.387 e. The lowest BCUT2D eigenvalue weighted by Gasteiger charge is -2.29. The van der Waals surface area contributed by atoms with E-state index in [9.17, 15) is 86.0 Å². The highest BCUT2D eigenvalue weighted by atomic mass is 32.7. The van der Waals surface area contributed by atoms with Crippen LogP contribution < -0.4 is 68.1 Å². The lowest BCUT2D eigenvalue weighted by atomic mass is 10.1. The number of aromatic nitrogens is 20. The number of halogens is 2. The van der Waals surface area contributed by atoms with Crippen molar-refractivity contribution in [3.8, 4) is 0 Å². The van der Waals surface area contributed by atoms with Crippen molar-refractivity contribution in [3.05, 3.63) is 154 Å². The molecule has 77 heteroatoms. The van der Waals surface area contributed by atoms with Crippen molar-refractivity contribution in [2.75, 3.05) is 104 Å². The average Bonchev–Trinajstić information content (AvgIpc) is 1.61. The number of nitrogens with zero attached hydrogens (tertiary/aromatic N) is 17. The number of nitrogens with one attached hydrogen (secondary N) is 3. The Morgan fingerprint density at radius 3 is 1.15 bits per heavy atom. The lowest BCUT2D eigenvalue weighted by molar-refractivity contribution is -0.0674. The van der Waals surface area contributed by atoms with Crippen molar-refractivity contribution in [1.29, 1.82) is 0 Å². The number of hydrogen-bond acceptors (Lipinski definition) is 53. The van der Waals surface area contributed by atoms with Gasteiger partial charge in [-0.1, -0.05) is 19.2 Å². The molecule has 0 saturated carbocycles. The maximum atomic E-state index is 17.6. The largest absolute Gasteiger partial charge is 0.472 e. The minimum absolute atomic E-state index is 0.00221. The zero-order chi connectivity index (χ0) is 107. The minimum atomic E-state index is -6.10. The number of imidazole rings is 3. The second-order valence-corrected chi connectivity index (χ2v) is 44.6. The third-order valence-corrected chi connectivity index (χ3v) is 31.4. The molecule has 10 aromatic heterocycles. The summed E-state index contributed by atoms with van der Waals surface area (Å²) < 4.78 is 253. The van der Waals surface area contributed by atoms with Crippen LogP contribution in [0.4, 0.5) is 38.0 Å². The molecule has 0 bridgehead atoms. The molecule has 0 radical (unpaired) electrons. The summed E-state index contributed by atoms with van der Waals surface area (Å²) in [6.07, 6.45) is -42.8. The third kappa shape index (κ3) is 23.4. The number of thiol groups is 1. The number of H-pyrrole nitrogens is 3. The van der Waals surface area contributed by atoms with Gasteiger partial charge in [0.1, 0.15) is 145 Å². The molecule has 19 N–H and O–H groups in total. The topological polar surface area (TPSA) is 889 Å². The molecular formula is C72H93F2N25O42P6S2. The molecule has 7 saturated heterocycles. The van der Waals surface area contributed by atoms with Crippen molar-refractivity contribution >= 4 is 132 Å². The van der Waals surface area contributed by atoms with Gasteiger partial charge < -0.3 is 120 Å². The quantitative estimate of drug-likeness (QED) is 0.0136. The van der Waals surface area contributed by atoms with Crippen molar-refractivity contribution in [2.24, 2.45) is 0 Å². The van der Waals surface area contributed by atoms with Crippen molar-refractivity contribution in [2.45, 2.75) is 185 Å². The number of aliphatic hydroxyl groups excluding tert-OH is 1. The summed E-state index contributed by atoms with van der Waals surface area (Å²) in [5, 5.41) is 11.4. The Labute approximate surface area is 839 Å². The molecule has 0 aliphatic carbocycles. The number of alkyl halides is 2. The summed E-state index contributed by atoms with van der Waals surface area (Å²) in [5.41, 5.74) is 21.5. The fraction of sp³-hybridized carbons (Fsp3) is 0.569. The number of rotatable bonds is 43. The molecular weight excluding hydrogens is 2170 g/mol. The first-order chi connectivity index (χ1) is 70.6. The Bertz CT molecular complexity index is 7370. The van der Waals surface area contributed by atoms with Crippen LogP contribution in [0.15, 0.2) is 114 Å². The molecule has 0 amide bonds. The van der Waals surface area contributed by atoms with Gasteiger partial charge in [-0.25, -0.2) is 85.7 Å². The Hall–Kier alpha value is -9.62. The molecule has 149 heavy (non-hydrogen) atoms. The highest BCUT2D eigenvalue weighted by molar-refractivity contribution is 8.44. The Balaban J connectivity index is 0.605. The molecule has 13 unspecified atom stereocenters. The van der Waals surface area contributed by atoms with Gasteiger partial charge in [-0.05, 0) is 30.4 Å². The summed E-state index contributed by atoms with van der Waals surface area (Å²) in [6.45, 7) is -15.6. The number of hydrogen-bond donors (Lipinski definition) is 15. The molecule has 34 atom stereocenters. The number of aliphatic hydroxyl groups is 1. The van der Waals surface area contributed by atoms with E-state index in [4.69, 9.17) is 152 Å². The van der Waals surface area contributed by atoms with E-state index in [0.717, 1.165) is 71.4 Å². The van der Waals surface area contributed by atoms with E-state index < -0.39 is 307 Å². The van der Waals surface area contributed by atoms with Crippen molar-refractivity contribution < 1.29 is 172 Å². The SMILES string of the molecule is CC[C@H]1O[C@@H](n2cnc3c(N)ncnc32)C(OC)[C@H]1OP(=O)(O)OC[C@H]1O[C@@H](n2ccc(N)nc2=O)C(F)[C@H]1OP(=O)(O)OC[C@H]1O[C@@H](n2cnc3c(=O)[nH]c(N)nc32)C(OC)[C@H]1OP(=O)(O)OC[C@H]1O[C@@H](n2ccc(=O)[nH]c2=O)C(F)[C@H]1OP(=O)(O)OC[C@H]1O[C@@H](n2ccc(=O)[nH]c2=O)C(OC)[C@H]1OP(O)(=S)OC[C@H]1O[C@@H](n2cnc3c(N)ncnc32)C(OC)[C@H]1OP(=O)(S)OC[C@H]1O[C@@H](n2ccc(N)nc2=O)C(OC)[C@H]1O. The Kier molecular flexibility index (Phi) is 33.0. The van der Waals surface area contributed by atoms with Crippen LogP contribution in [0.5, 0.6) is 0 Å². The van der Waals surface area contributed by atoms with Crippen LogP contribution in [-0.4, -0.2) is 330 Å². The molecule has 7 fully saturated rings. The summed E-state index contributed by atoms with van der Waals surface area (Å²) in [5.74, 6) is -1.10. The van der Waals surface area contributed by atoms with E-state index >= 15 is 8.78 Å². The fourth-order valence-electron chi connectivity index (χ4n) is 17.5. The number of nitrogens with two attached hydrogens (primary N) is 5. The zero-order valence-corrected chi connectivity index (χ0v) is 84.4. The van der Waals surface area contributed by atoms with Crippen molar-refractivity contribution in [1.82, 2.24) is 96.8 Å². The first kappa shape index (κ1) is 111. The lowest BCUT2D eigenvalue weighted by Crippen LogP contribution is -2.40. The Morgan fingerprint density at radius 1 is 0.389 bits per heavy atom. The number of aromatic amines is 3. The van der Waals surface area contributed by atoms with E-state index in [0.29, 0.717) is 21.4 Å². The first-order valence-corrected chi connectivity index (χ1v) is 54.9. The maximum Gasteiger partial charge on any atom is 0.472 e. The summed E-state index contributed by atoms with van der Waals surface area (Å²) >= 11 is 9.82. The normalized spacial score (nSPS) is 32.2. The van der Waals surface area contributed by atoms with Crippen molar-refractivity contribution in [3.63, 3.8) is 0 Å². The number of ether oxygens (including phenoxy) is 12. The number of nitrogen functional groups attached to an aromatic ring is 5. The summed E-state index contributed by atoms with van der Waals surface area (Å²) in [6, 6.07) is 3.87. The monoisotopic (exact) mass is 2270 g/mol. The van der Waals surface area contributed by atoms with Gasteiger partial charge >= 0.3 is 67.6 Å². The van der Waals surface area contributed by atoms with Gasteiger partial charge in [-0.2, -0.15) is 15.0 Å². The molecule has 814 valence electrons. The van der Waals surface area contributed by atoms with E-state index in [1.165, 1.54) is 55.4 Å². The van der Waals surface area contributed by atoms with Crippen LogP contribution in [0.25, 0.3) is 33.5 Å². The number of fused-ring (bicyclic) bond motifs is 3. The third-order valence-electron chi connectivity index (χ3n) is 24.2. The predicted octanol–water partition coefficient (Wildman–Crippen LogP) is -2.80. The van der Waals surface area contributed by atoms with Crippen LogP contribution in [0, 0.1) is 0 Å². The highest BCUT2D eigenvalue weighted by Crippen LogP contribution is 2.61. The predicted molar refractivity (Wildman–Crippen MR) is 495 cm³/mol. The molecule has 0 aromatic carbocycles.